The Morgan fingerprint density at radius 2 is 1.78 bits per heavy atom. The molecule has 1 fully saturated rings. The van der Waals surface area contributed by atoms with Gasteiger partial charge in [0, 0.05) is 18.5 Å². The fourth-order valence-corrected chi connectivity index (χ4v) is 3.61. The van der Waals surface area contributed by atoms with Crippen molar-refractivity contribution in [3.05, 3.63) is 83.5 Å². The number of aromatic nitrogens is 2. The molecule has 5 nitrogen and oxygen atoms in total. The van der Waals surface area contributed by atoms with Crippen molar-refractivity contribution in [3.8, 4) is 0 Å². The molecule has 0 bridgehead atoms. The van der Waals surface area contributed by atoms with Crippen LogP contribution < -0.4 is 0 Å². The predicted molar refractivity (Wildman–Crippen MR) is 102 cm³/mol. The highest BCUT2D eigenvalue weighted by molar-refractivity contribution is 5.94. The van der Waals surface area contributed by atoms with Crippen LogP contribution in [-0.2, 0) is 12.8 Å². The number of amides is 1. The van der Waals surface area contributed by atoms with Crippen molar-refractivity contribution in [1.29, 1.82) is 0 Å². The van der Waals surface area contributed by atoms with Gasteiger partial charge in [-0.25, -0.2) is 0 Å². The summed E-state index contributed by atoms with van der Waals surface area (Å²) in [5, 5.41) is 4.13. The smallest absolute Gasteiger partial charge is 0.254 e. The van der Waals surface area contributed by atoms with Gasteiger partial charge in [0.15, 0.2) is 5.82 Å². The highest BCUT2D eigenvalue weighted by Gasteiger charge is 2.34. The zero-order chi connectivity index (χ0) is 18.5. The van der Waals surface area contributed by atoms with E-state index in [0.29, 0.717) is 11.5 Å². The van der Waals surface area contributed by atoms with Crippen LogP contribution in [0.15, 0.2) is 65.2 Å². The van der Waals surface area contributed by atoms with Crippen molar-refractivity contribution < 1.29 is 9.32 Å². The third-order valence-corrected chi connectivity index (χ3v) is 5.01. The molecular weight excluding hydrogens is 338 g/mol. The number of carbonyl (C=O) groups excluding carboxylic acids is 1. The fraction of sp³-hybridized carbons (Fsp3) is 0.318. The molecule has 1 amide bonds. The number of carbonyl (C=O) groups is 1. The standard InChI is InChI=1S/C22H23N3O2/c26-22(18-12-5-2-6-13-18)25-16-8-14-19(25)21-23-20(24-27-21)15-7-11-17-9-3-1-4-10-17/h1-6,9-10,12-13,19H,7-8,11,14-16H2. The first-order valence-electron chi connectivity index (χ1n) is 9.54. The molecule has 1 aliphatic heterocycles. The minimum Gasteiger partial charge on any atom is -0.337 e. The van der Waals surface area contributed by atoms with Crippen LogP contribution >= 0.6 is 0 Å². The monoisotopic (exact) mass is 361 g/mol. The molecular formula is C22H23N3O2. The van der Waals surface area contributed by atoms with E-state index in [0.717, 1.165) is 44.5 Å². The van der Waals surface area contributed by atoms with Crippen LogP contribution in [0.3, 0.4) is 0 Å². The van der Waals surface area contributed by atoms with Crippen molar-refractivity contribution in [3.63, 3.8) is 0 Å². The molecule has 27 heavy (non-hydrogen) atoms. The maximum absolute atomic E-state index is 12.8. The van der Waals surface area contributed by atoms with Crippen LogP contribution in [0.2, 0.25) is 0 Å². The van der Waals surface area contributed by atoms with Crippen LogP contribution in [0, 0.1) is 0 Å². The first-order chi connectivity index (χ1) is 13.3. The van der Waals surface area contributed by atoms with E-state index < -0.39 is 0 Å². The lowest BCUT2D eigenvalue weighted by molar-refractivity contribution is 0.0710. The average Bonchev–Trinajstić information content (AvgIpc) is 3.38. The largest absolute Gasteiger partial charge is 0.337 e. The molecule has 1 unspecified atom stereocenters. The summed E-state index contributed by atoms with van der Waals surface area (Å²) in [4.78, 5) is 19.2. The van der Waals surface area contributed by atoms with E-state index in [9.17, 15) is 4.79 Å². The van der Waals surface area contributed by atoms with Gasteiger partial charge in [-0.3, -0.25) is 4.79 Å². The van der Waals surface area contributed by atoms with E-state index >= 15 is 0 Å². The first kappa shape index (κ1) is 17.5. The van der Waals surface area contributed by atoms with Crippen molar-refractivity contribution in [2.75, 3.05) is 6.54 Å². The number of rotatable bonds is 6. The quantitative estimate of drug-likeness (QED) is 0.659. The molecule has 0 saturated carbocycles. The summed E-state index contributed by atoms with van der Waals surface area (Å²) in [6.45, 7) is 0.726. The number of nitrogens with zero attached hydrogens (tertiary/aromatic N) is 3. The number of aryl methyl sites for hydroxylation is 2. The van der Waals surface area contributed by atoms with Gasteiger partial charge in [-0.2, -0.15) is 4.98 Å². The van der Waals surface area contributed by atoms with Crippen LogP contribution in [-0.4, -0.2) is 27.5 Å². The van der Waals surface area contributed by atoms with Gasteiger partial charge >= 0.3 is 0 Å². The lowest BCUT2D eigenvalue weighted by Gasteiger charge is -2.21. The summed E-state index contributed by atoms with van der Waals surface area (Å²) in [5.41, 5.74) is 2.02. The van der Waals surface area contributed by atoms with Crippen LogP contribution in [0.4, 0.5) is 0 Å². The topological polar surface area (TPSA) is 59.2 Å². The molecule has 1 aromatic heterocycles. The predicted octanol–water partition coefficient (Wildman–Crippen LogP) is 4.22. The molecule has 1 saturated heterocycles. The van der Waals surface area contributed by atoms with Gasteiger partial charge in [0.1, 0.15) is 6.04 Å². The van der Waals surface area contributed by atoms with E-state index in [-0.39, 0.29) is 11.9 Å². The Bertz CT molecular complexity index is 877. The summed E-state index contributed by atoms with van der Waals surface area (Å²) < 4.78 is 5.51. The third-order valence-electron chi connectivity index (χ3n) is 5.01. The van der Waals surface area contributed by atoms with E-state index in [2.05, 4.69) is 34.4 Å². The summed E-state index contributed by atoms with van der Waals surface area (Å²) >= 11 is 0. The maximum Gasteiger partial charge on any atom is 0.254 e. The lowest BCUT2D eigenvalue weighted by Crippen LogP contribution is -2.30. The van der Waals surface area contributed by atoms with Gasteiger partial charge in [-0.05, 0) is 43.4 Å². The molecule has 3 aromatic rings. The second-order valence-corrected chi connectivity index (χ2v) is 6.91. The number of likely N-dealkylation sites (tertiary alicyclic amines) is 1. The van der Waals surface area contributed by atoms with Crippen molar-refractivity contribution >= 4 is 5.91 Å². The van der Waals surface area contributed by atoms with Gasteiger partial charge in [0.2, 0.25) is 5.89 Å². The van der Waals surface area contributed by atoms with Gasteiger partial charge < -0.3 is 9.42 Å². The number of benzene rings is 2. The summed E-state index contributed by atoms with van der Waals surface area (Å²) in [6, 6.07) is 19.7. The lowest BCUT2D eigenvalue weighted by atomic mass is 10.1. The Balaban J connectivity index is 1.39. The highest BCUT2D eigenvalue weighted by atomic mass is 16.5. The normalized spacial score (nSPS) is 16.6. The van der Waals surface area contributed by atoms with Crippen molar-refractivity contribution in [1.82, 2.24) is 15.0 Å². The molecule has 2 aromatic carbocycles. The molecule has 4 rings (SSSR count). The van der Waals surface area contributed by atoms with E-state index in [1.165, 1.54) is 5.56 Å². The molecule has 5 heteroatoms. The summed E-state index contributed by atoms with van der Waals surface area (Å²) in [7, 11) is 0. The summed E-state index contributed by atoms with van der Waals surface area (Å²) in [5.74, 6) is 1.31. The van der Waals surface area contributed by atoms with Crippen LogP contribution in [0.25, 0.3) is 0 Å². The van der Waals surface area contributed by atoms with Crippen LogP contribution in [0.5, 0.6) is 0 Å². The number of hydrogen-bond donors (Lipinski definition) is 0. The first-order valence-corrected chi connectivity index (χ1v) is 9.54. The van der Waals surface area contributed by atoms with E-state index in [1.54, 1.807) is 0 Å². The second-order valence-electron chi connectivity index (χ2n) is 6.91. The zero-order valence-corrected chi connectivity index (χ0v) is 15.3. The molecule has 1 aliphatic rings. The minimum absolute atomic E-state index is 0.0296. The maximum atomic E-state index is 12.8. The van der Waals surface area contributed by atoms with Gasteiger partial charge in [0.25, 0.3) is 5.91 Å². The van der Waals surface area contributed by atoms with Crippen molar-refractivity contribution in [2.24, 2.45) is 0 Å². The average molecular weight is 361 g/mol. The SMILES string of the molecule is O=C(c1ccccc1)N1CCCC1c1nc(CCCc2ccccc2)no1. The van der Waals surface area contributed by atoms with Gasteiger partial charge in [-0.15, -0.1) is 0 Å². The van der Waals surface area contributed by atoms with Gasteiger partial charge in [0.05, 0.1) is 0 Å². The Morgan fingerprint density at radius 1 is 1.04 bits per heavy atom. The van der Waals surface area contributed by atoms with Crippen LogP contribution in [0.1, 0.15) is 52.9 Å². The Morgan fingerprint density at radius 3 is 2.56 bits per heavy atom. The number of hydrogen-bond acceptors (Lipinski definition) is 4. The Kier molecular flexibility index (Phi) is 5.28. The molecule has 0 aliphatic carbocycles. The third kappa shape index (κ3) is 4.08. The van der Waals surface area contributed by atoms with E-state index in [1.807, 2.05) is 41.3 Å². The highest BCUT2D eigenvalue weighted by Crippen LogP contribution is 2.32. The molecule has 138 valence electrons. The molecule has 0 N–H and O–H groups in total. The summed E-state index contributed by atoms with van der Waals surface area (Å²) in [6.07, 6.45) is 4.56. The van der Waals surface area contributed by atoms with Crippen molar-refractivity contribution in [2.45, 2.75) is 38.1 Å². The molecule has 2 heterocycles. The minimum atomic E-state index is -0.118. The Hall–Kier alpha value is -2.95. The fourth-order valence-electron chi connectivity index (χ4n) is 3.61. The second kappa shape index (κ2) is 8.16. The Labute approximate surface area is 159 Å². The molecule has 1 atom stereocenters. The van der Waals surface area contributed by atoms with Gasteiger partial charge in [-0.1, -0.05) is 53.7 Å². The molecule has 0 radical (unpaired) electrons. The zero-order valence-electron chi connectivity index (χ0n) is 15.3. The van der Waals surface area contributed by atoms with E-state index in [4.69, 9.17) is 4.52 Å². The molecule has 0 spiro atoms.